The van der Waals surface area contributed by atoms with Gasteiger partial charge in [-0.2, -0.15) is 0 Å². The third-order valence-corrected chi connectivity index (χ3v) is 7.54. The molecule has 44 heavy (non-hydrogen) atoms. The molecule has 2 atom stereocenters. The van der Waals surface area contributed by atoms with Gasteiger partial charge in [-0.05, 0) is 91.1 Å². The number of carbonyl (C=O) groups excluding carboxylic acids is 2. The number of benzene rings is 3. The fraction of sp³-hybridized carbons (Fsp3) is 0.324. The molecule has 7 nitrogen and oxygen atoms in total. The minimum absolute atomic E-state index is 0.0152. The SMILES string of the molecule is CC(NC(=O)C(Cc1ccc(C(=O)NCCC(=O)O)cc1)c1ccc(C2=CCCCC2)cc1)c1ccc(OC(F)(F)F)cc1. The second-order valence-electron chi connectivity index (χ2n) is 10.8. The van der Waals surface area contributed by atoms with Crippen molar-refractivity contribution in [2.45, 2.75) is 63.8 Å². The fourth-order valence-electron chi connectivity index (χ4n) is 5.16. The minimum Gasteiger partial charge on any atom is -0.481 e. The van der Waals surface area contributed by atoms with Gasteiger partial charge < -0.3 is 20.5 Å². The summed E-state index contributed by atoms with van der Waals surface area (Å²) >= 11 is 0. The van der Waals surface area contributed by atoms with E-state index in [4.69, 9.17) is 5.11 Å². The summed E-state index contributed by atoms with van der Waals surface area (Å²) in [6.45, 7) is 1.77. The van der Waals surface area contributed by atoms with Crippen LogP contribution in [0.5, 0.6) is 5.75 Å². The summed E-state index contributed by atoms with van der Waals surface area (Å²) < 4.78 is 41.6. The molecule has 0 heterocycles. The molecule has 232 valence electrons. The first-order valence-electron chi connectivity index (χ1n) is 14.5. The number of hydrogen-bond acceptors (Lipinski definition) is 4. The number of nitrogens with one attached hydrogen (secondary N) is 2. The average molecular weight is 609 g/mol. The molecule has 0 bridgehead atoms. The van der Waals surface area contributed by atoms with Gasteiger partial charge >= 0.3 is 12.3 Å². The number of carboxylic acids is 1. The first-order chi connectivity index (χ1) is 21.0. The van der Waals surface area contributed by atoms with Crippen molar-refractivity contribution in [3.05, 3.63) is 107 Å². The molecule has 0 fully saturated rings. The second-order valence-corrected chi connectivity index (χ2v) is 10.8. The van der Waals surface area contributed by atoms with E-state index in [-0.39, 0.29) is 30.5 Å². The van der Waals surface area contributed by atoms with E-state index in [0.717, 1.165) is 36.0 Å². The first kappa shape index (κ1) is 32.3. The van der Waals surface area contributed by atoms with E-state index in [9.17, 15) is 27.6 Å². The van der Waals surface area contributed by atoms with Crippen LogP contribution in [0.2, 0.25) is 0 Å². The van der Waals surface area contributed by atoms with Crippen LogP contribution < -0.4 is 15.4 Å². The van der Waals surface area contributed by atoms with Crippen LogP contribution in [-0.2, 0) is 16.0 Å². The van der Waals surface area contributed by atoms with Crippen LogP contribution in [0.3, 0.4) is 0 Å². The molecule has 3 aromatic rings. The number of ether oxygens (including phenoxy) is 1. The molecular formula is C34H35F3N2O5. The molecular weight excluding hydrogens is 573 g/mol. The second kappa shape index (κ2) is 14.7. The number of carbonyl (C=O) groups is 3. The van der Waals surface area contributed by atoms with Crippen LogP contribution in [0.1, 0.15) is 83.6 Å². The van der Waals surface area contributed by atoms with Crippen LogP contribution >= 0.6 is 0 Å². The quantitative estimate of drug-likeness (QED) is 0.206. The van der Waals surface area contributed by atoms with Gasteiger partial charge in [-0.1, -0.05) is 54.6 Å². The number of rotatable bonds is 12. The van der Waals surface area contributed by atoms with Gasteiger partial charge in [0.15, 0.2) is 0 Å². The number of hydrogen-bond donors (Lipinski definition) is 3. The number of carboxylic acid groups (broad SMARTS) is 1. The number of allylic oxidation sites excluding steroid dienone is 2. The number of alkyl halides is 3. The molecule has 2 unspecified atom stereocenters. The molecule has 0 spiro atoms. The molecule has 3 aromatic carbocycles. The molecule has 0 saturated heterocycles. The van der Waals surface area contributed by atoms with Crippen molar-refractivity contribution in [2.24, 2.45) is 0 Å². The zero-order chi connectivity index (χ0) is 31.7. The highest BCUT2D eigenvalue weighted by Gasteiger charge is 2.31. The monoisotopic (exact) mass is 608 g/mol. The predicted molar refractivity (Wildman–Crippen MR) is 160 cm³/mol. The number of aliphatic carboxylic acids is 1. The van der Waals surface area contributed by atoms with Crippen LogP contribution in [0.4, 0.5) is 13.2 Å². The van der Waals surface area contributed by atoms with Gasteiger partial charge in [-0.15, -0.1) is 13.2 Å². The van der Waals surface area contributed by atoms with E-state index in [0.29, 0.717) is 17.5 Å². The lowest BCUT2D eigenvalue weighted by molar-refractivity contribution is -0.274. The smallest absolute Gasteiger partial charge is 0.481 e. The maximum absolute atomic E-state index is 13.7. The third-order valence-electron chi connectivity index (χ3n) is 7.54. The number of amides is 2. The maximum Gasteiger partial charge on any atom is 0.573 e. The summed E-state index contributed by atoms with van der Waals surface area (Å²) in [5.74, 6) is -2.58. The third kappa shape index (κ3) is 9.45. The molecule has 4 rings (SSSR count). The van der Waals surface area contributed by atoms with Crippen molar-refractivity contribution in [3.8, 4) is 5.75 Å². The van der Waals surface area contributed by atoms with E-state index < -0.39 is 24.3 Å². The standard InChI is InChI=1S/C34H35F3N2O5/c1-22(24-15-17-29(18-16-24)44-34(35,36)37)39-33(43)30(27-13-11-26(12-14-27)25-5-3-2-4-6-25)21-23-7-9-28(10-8-23)32(42)38-20-19-31(40)41/h5,7-18,22,30H,2-4,6,19-21H2,1H3,(H,38,42)(H,39,43)(H,40,41). The Morgan fingerprint density at radius 1 is 0.909 bits per heavy atom. The van der Waals surface area contributed by atoms with Crippen LogP contribution in [0.15, 0.2) is 78.9 Å². The van der Waals surface area contributed by atoms with Crippen molar-refractivity contribution in [1.29, 1.82) is 0 Å². The summed E-state index contributed by atoms with van der Waals surface area (Å²) in [6, 6.07) is 19.6. The summed E-state index contributed by atoms with van der Waals surface area (Å²) in [5, 5.41) is 14.3. The van der Waals surface area contributed by atoms with Crippen molar-refractivity contribution in [1.82, 2.24) is 10.6 Å². The molecule has 0 aromatic heterocycles. The van der Waals surface area contributed by atoms with Crippen LogP contribution in [0.25, 0.3) is 5.57 Å². The lowest BCUT2D eigenvalue weighted by Crippen LogP contribution is -2.32. The molecule has 1 aliphatic carbocycles. The topological polar surface area (TPSA) is 105 Å². The molecule has 3 N–H and O–H groups in total. The Hall–Kier alpha value is -4.60. The summed E-state index contributed by atoms with van der Waals surface area (Å²) in [4.78, 5) is 36.8. The van der Waals surface area contributed by atoms with Crippen LogP contribution in [0, 0.1) is 0 Å². The Balaban J connectivity index is 1.51. The molecule has 0 aliphatic heterocycles. The van der Waals surface area contributed by atoms with Gasteiger partial charge in [-0.25, -0.2) is 0 Å². The zero-order valence-corrected chi connectivity index (χ0v) is 24.3. The Morgan fingerprint density at radius 2 is 1.57 bits per heavy atom. The van der Waals surface area contributed by atoms with Gasteiger partial charge in [0, 0.05) is 12.1 Å². The van der Waals surface area contributed by atoms with Gasteiger partial charge in [-0.3, -0.25) is 14.4 Å². The molecule has 1 aliphatic rings. The minimum atomic E-state index is -4.79. The van der Waals surface area contributed by atoms with Crippen molar-refractivity contribution in [2.75, 3.05) is 6.54 Å². The fourth-order valence-corrected chi connectivity index (χ4v) is 5.16. The van der Waals surface area contributed by atoms with Gasteiger partial charge in [0.2, 0.25) is 5.91 Å². The highest BCUT2D eigenvalue weighted by molar-refractivity contribution is 5.94. The Kier molecular flexibility index (Phi) is 10.8. The van der Waals surface area contributed by atoms with E-state index in [1.807, 2.05) is 24.3 Å². The van der Waals surface area contributed by atoms with Gasteiger partial charge in [0.05, 0.1) is 18.4 Å². The average Bonchev–Trinajstić information content (AvgIpc) is 3.00. The summed E-state index contributed by atoms with van der Waals surface area (Å²) in [6.07, 6.45) is 2.02. The molecule has 10 heteroatoms. The van der Waals surface area contributed by atoms with Crippen molar-refractivity contribution in [3.63, 3.8) is 0 Å². The largest absolute Gasteiger partial charge is 0.573 e. The van der Waals surface area contributed by atoms with E-state index in [1.165, 1.54) is 36.3 Å². The van der Waals surface area contributed by atoms with E-state index >= 15 is 0 Å². The zero-order valence-electron chi connectivity index (χ0n) is 24.3. The lowest BCUT2D eigenvalue weighted by Gasteiger charge is -2.22. The first-order valence-corrected chi connectivity index (χ1v) is 14.5. The summed E-state index contributed by atoms with van der Waals surface area (Å²) in [5.41, 5.74) is 5.03. The molecule has 0 saturated carbocycles. The molecule has 2 amide bonds. The van der Waals surface area contributed by atoms with Crippen LogP contribution in [-0.4, -0.2) is 35.8 Å². The lowest BCUT2D eigenvalue weighted by atomic mass is 9.88. The Morgan fingerprint density at radius 3 is 2.16 bits per heavy atom. The summed E-state index contributed by atoms with van der Waals surface area (Å²) in [7, 11) is 0. The van der Waals surface area contributed by atoms with E-state index in [2.05, 4.69) is 21.4 Å². The normalized spacial score (nSPS) is 14.6. The molecule has 0 radical (unpaired) electrons. The van der Waals surface area contributed by atoms with Crippen molar-refractivity contribution >= 4 is 23.4 Å². The van der Waals surface area contributed by atoms with Gasteiger partial charge in [0.1, 0.15) is 5.75 Å². The highest BCUT2D eigenvalue weighted by atomic mass is 19.4. The van der Waals surface area contributed by atoms with E-state index in [1.54, 1.807) is 31.2 Å². The van der Waals surface area contributed by atoms with Crippen molar-refractivity contribution < 1.29 is 37.4 Å². The maximum atomic E-state index is 13.7. The highest BCUT2D eigenvalue weighted by Crippen LogP contribution is 2.30. The Labute approximate surface area is 254 Å². The predicted octanol–water partition coefficient (Wildman–Crippen LogP) is 6.95. The Bertz CT molecular complexity index is 1470. The number of halogens is 3. The van der Waals surface area contributed by atoms with Gasteiger partial charge in [0.25, 0.3) is 5.91 Å².